The lowest BCUT2D eigenvalue weighted by molar-refractivity contribution is -0.136. The van der Waals surface area contributed by atoms with Gasteiger partial charge in [0.15, 0.2) is 0 Å². The van der Waals surface area contributed by atoms with Crippen molar-refractivity contribution in [2.75, 3.05) is 18.0 Å². The van der Waals surface area contributed by atoms with Crippen LogP contribution >= 0.6 is 0 Å². The van der Waals surface area contributed by atoms with E-state index in [4.69, 9.17) is 5.11 Å². The lowest BCUT2D eigenvalue weighted by Gasteiger charge is -2.21. The van der Waals surface area contributed by atoms with E-state index >= 15 is 0 Å². The maximum atomic E-state index is 11.1. The predicted octanol–water partition coefficient (Wildman–Crippen LogP) is 6.21. The molecule has 1 aliphatic rings. The molecule has 0 unspecified atom stereocenters. The third-order valence-corrected chi connectivity index (χ3v) is 6.13. The number of carbonyl (C=O) groups is 1. The van der Waals surface area contributed by atoms with Crippen LogP contribution < -0.4 is 4.90 Å². The van der Waals surface area contributed by atoms with E-state index in [0.29, 0.717) is 0 Å². The number of hydrogen-bond acceptors (Lipinski definition) is 2. The monoisotopic (exact) mass is 373 g/mol. The minimum Gasteiger partial charge on any atom is -0.481 e. The summed E-state index contributed by atoms with van der Waals surface area (Å²) in [6.45, 7) is 8.66. The SMILES string of the molecule is CCCCCCCCCCCCN1CCc2c1cc(C)c(CC(=O)O)c2C. The first-order chi connectivity index (χ1) is 13.0. The first kappa shape index (κ1) is 21.8. The molecule has 1 aliphatic heterocycles. The standard InChI is InChI=1S/C24H39NO2/c1-4-5-6-7-8-9-10-11-12-13-15-25-16-14-21-20(3)22(18-24(26)27)19(2)17-23(21)25/h17H,4-16,18H2,1-3H3,(H,26,27). The Kier molecular flexibility index (Phi) is 9.17. The first-order valence-electron chi connectivity index (χ1n) is 11.1. The smallest absolute Gasteiger partial charge is 0.307 e. The van der Waals surface area contributed by atoms with Gasteiger partial charge in [-0.15, -0.1) is 0 Å². The van der Waals surface area contributed by atoms with Crippen LogP contribution in [0.5, 0.6) is 0 Å². The Labute approximate surface area is 166 Å². The van der Waals surface area contributed by atoms with Crippen molar-refractivity contribution in [1.82, 2.24) is 0 Å². The van der Waals surface area contributed by atoms with E-state index in [1.54, 1.807) is 0 Å². The predicted molar refractivity (Wildman–Crippen MR) is 115 cm³/mol. The average Bonchev–Trinajstić information content (AvgIpc) is 3.03. The van der Waals surface area contributed by atoms with E-state index < -0.39 is 5.97 Å². The van der Waals surface area contributed by atoms with E-state index in [2.05, 4.69) is 31.7 Å². The van der Waals surface area contributed by atoms with Crippen molar-refractivity contribution in [3.63, 3.8) is 0 Å². The summed E-state index contributed by atoms with van der Waals surface area (Å²) in [7, 11) is 0. The van der Waals surface area contributed by atoms with E-state index in [-0.39, 0.29) is 6.42 Å². The number of fused-ring (bicyclic) bond motifs is 1. The van der Waals surface area contributed by atoms with Crippen LogP contribution in [0.1, 0.15) is 93.4 Å². The molecule has 1 heterocycles. The van der Waals surface area contributed by atoms with Crippen molar-refractivity contribution in [3.05, 3.63) is 28.3 Å². The Balaban J connectivity index is 1.72. The molecule has 3 nitrogen and oxygen atoms in total. The van der Waals surface area contributed by atoms with Gasteiger partial charge in [0.25, 0.3) is 0 Å². The number of aliphatic carboxylic acids is 1. The Morgan fingerprint density at radius 1 is 1.00 bits per heavy atom. The third kappa shape index (κ3) is 6.55. The topological polar surface area (TPSA) is 40.5 Å². The molecule has 152 valence electrons. The van der Waals surface area contributed by atoms with E-state index in [9.17, 15) is 4.79 Å². The molecule has 2 rings (SSSR count). The number of carboxylic acids is 1. The van der Waals surface area contributed by atoms with Crippen molar-refractivity contribution in [2.45, 2.75) is 97.8 Å². The molecule has 0 bridgehead atoms. The zero-order valence-corrected chi connectivity index (χ0v) is 17.8. The summed E-state index contributed by atoms with van der Waals surface area (Å²) in [6, 6.07) is 2.23. The van der Waals surface area contributed by atoms with Crippen molar-refractivity contribution < 1.29 is 9.90 Å². The summed E-state index contributed by atoms with van der Waals surface area (Å²) in [5, 5.41) is 9.16. The summed E-state index contributed by atoms with van der Waals surface area (Å²) in [4.78, 5) is 13.7. The summed E-state index contributed by atoms with van der Waals surface area (Å²) in [5.74, 6) is -0.735. The quantitative estimate of drug-likeness (QED) is 0.418. The van der Waals surface area contributed by atoms with Gasteiger partial charge < -0.3 is 10.0 Å². The molecule has 0 fully saturated rings. The second-order valence-electron chi connectivity index (χ2n) is 8.28. The molecule has 1 aromatic carbocycles. The van der Waals surface area contributed by atoms with Crippen LogP contribution in [0.4, 0.5) is 5.69 Å². The van der Waals surface area contributed by atoms with Gasteiger partial charge in [0, 0.05) is 18.8 Å². The largest absolute Gasteiger partial charge is 0.481 e. The molecule has 3 heteroatoms. The van der Waals surface area contributed by atoms with E-state index in [1.165, 1.54) is 81.0 Å². The number of anilines is 1. The number of nitrogens with zero attached hydrogens (tertiary/aromatic N) is 1. The van der Waals surface area contributed by atoms with Crippen LogP contribution in [-0.2, 0) is 17.6 Å². The van der Waals surface area contributed by atoms with Crippen LogP contribution in [0, 0.1) is 13.8 Å². The summed E-state index contributed by atoms with van der Waals surface area (Å²) < 4.78 is 0. The zero-order chi connectivity index (χ0) is 19.6. The fourth-order valence-corrected chi connectivity index (χ4v) is 4.46. The van der Waals surface area contributed by atoms with Gasteiger partial charge in [-0.05, 0) is 55.0 Å². The molecule has 0 spiro atoms. The highest BCUT2D eigenvalue weighted by Gasteiger charge is 2.23. The van der Waals surface area contributed by atoms with Gasteiger partial charge in [0.05, 0.1) is 6.42 Å². The average molecular weight is 374 g/mol. The third-order valence-electron chi connectivity index (χ3n) is 6.13. The molecule has 0 radical (unpaired) electrons. The number of hydrogen-bond donors (Lipinski definition) is 1. The summed E-state index contributed by atoms with van der Waals surface area (Å²) in [6.07, 6.45) is 14.9. The second-order valence-corrected chi connectivity index (χ2v) is 8.28. The molecule has 0 saturated carbocycles. The molecule has 1 aromatic rings. The lowest BCUT2D eigenvalue weighted by Crippen LogP contribution is -2.21. The Morgan fingerprint density at radius 2 is 1.59 bits per heavy atom. The minimum atomic E-state index is -0.735. The molecule has 0 aliphatic carbocycles. The Bertz CT molecular complexity index is 609. The summed E-state index contributed by atoms with van der Waals surface area (Å²) >= 11 is 0. The van der Waals surface area contributed by atoms with Crippen LogP contribution in [0.2, 0.25) is 0 Å². The number of aryl methyl sites for hydroxylation is 1. The highest BCUT2D eigenvalue weighted by atomic mass is 16.4. The molecular weight excluding hydrogens is 334 g/mol. The normalized spacial score (nSPS) is 13.2. The van der Waals surface area contributed by atoms with Crippen LogP contribution in [0.25, 0.3) is 0 Å². The molecule has 0 amide bonds. The Hall–Kier alpha value is -1.51. The highest BCUT2D eigenvalue weighted by Crippen LogP contribution is 2.35. The zero-order valence-electron chi connectivity index (χ0n) is 17.8. The first-order valence-corrected chi connectivity index (χ1v) is 11.1. The van der Waals surface area contributed by atoms with Gasteiger partial charge in [0.2, 0.25) is 0 Å². The fraction of sp³-hybridized carbons (Fsp3) is 0.708. The number of rotatable bonds is 13. The molecule has 0 saturated heterocycles. The van der Waals surface area contributed by atoms with Crippen molar-refractivity contribution in [3.8, 4) is 0 Å². The number of unbranched alkanes of at least 4 members (excludes halogenated alkanes) is 9. The Morgan fingerprint density at radius 3 is 2.19 bits per heavy atom. The van der Waals surface area contributed by atoms with Gasteiger partial charge in [-0.25, -0.2) is 0 Å². The van der Waals surface area contributed by atoms with Crippen LogP contribution in [0.15, 0.2) is 6.07 Å². The van der Waals surface area contributed by atoms with Gasteiger partial charge in [-0.2, -0.15) is 0 Å². The van der Waals surface area contributed by atoms with Crippen molar-refractivity contribution in [1.29, 1.82) is 0 Å². The van der Waals surface area contributed by atoms with Crippen molar-refractivity contribution in [2.24, 2.45) is 0 Å². The van der Waals surface area contributed by atoms with Gasteiger partial charge in [-0.3, -0.25) is 4.79 Å². The van der Waals surface area contributed by atoms with Crippen LogP contribution in [-0.4, -0.2) is 24.2 Å². The maximum Gasteiger partial charge on any atom is 0.307 e. The molecular formula is C24H39NO2. The summed E-state index contributed by atoms with van der Waals surface area (Å²) in [5.41, 5.74) is 6.09. The van der Waals surface area contributed by atoms with E-state index in [0.717, 1.165) is 30.6 Å². The minimum absolute atomic E-state index is 0.142. The number of benzene rings is 1. The van der Waals surface area contributed by atoms with E-state index in [1.807, 2.05) is 0 Å². The highest BCUT2D eigenvalue weighted by molar-refractivity contribution is 5.74. The van der Waals surface area contributed by atoms with Crippen LogP contribution in [0.3, 0.4) is 0 Å². The van der Waals surface area contributed by atoms with Crippen molar-refractivity contribution >= 4 is 11.7 Å². The molecule has 1 N–H and O–H groups in total. The molecule has 27 heavy (non-hydrogen) atoms. The van der Waals surface area contributed by atoms with Gasteiger partial charge in [-0.1, -0.05) is 64.7 Å². The van der Waals surface area contributed by atoms with Gasteiger partial charge >= 0.3 is 5.97 Å². The molecule has 0 aromatic heterocycles. The second kappa shape index (κ2) is 11.4. The van der Waals surface area contributed by atoms with Gasteiger partial charge in [0.1, 0.15) is 0 Å². The fourth-order valence-electron chi connectivity index (χ4n) is 4.46. The lowest BCUT2D eigenvalue weighted by atomic mass is 9.93. The number of carboxylic acid groups (broad SMARTS) is 1. The maximum absolute atomic E-state index is 11.1. The molecule has 0 atom stereocenters.